The lowest BCUT2D eigenvalue weighted by Gasteiger charge is -2.21. The van der Waals surface area contributed by atoms with E-state index in [0.717, 1.165) is 14.2 Å². The molecule has 0 aromatic rings. The van der Waals surface area contributed by atoms with Gasteiger partial charge in [0.1, 0.15) is 0 Å². The highest BCUT2D eigenvalue weighted by atomic mass is 31.2. The Balaban J connectivity index is 4.98. The second-order valence-electron chi connectivity index (χ2n) is 3.57. The Morgan fingerprint density at radius 3 is 1.63 bits per heavy atom. The van der Waals surface area contributed by atoms with E-state index in [-0.39, 0.29) is 0 Å². The van der Waals surface area contributed by atoms with Crippen LogP contribution in [0.4, 0.5) is 0 Å². The van der Waals surface area contributed by atoms with E-state index in [9.17, 15) is 18.9 Å². The number of hydrogen-bond donors (Lipinski definition) is 3. The first-order valence-electron chi connectivity index (χ1n) is 5.09. The largest absolute Gasteiger partial charge is 0.481 e. The van der Waals surface area contributed by atoms with Crippen LogP contribution in [0.5, 0.6) is 0 Å². The molecule has 0 spiro atoms. The minimum atomic E-state index is -3.95. The molecule has 0 aliphatic carbocycles. The van der Waals surface area contributed by atoms with Crippen molar-refractivity contribution in [3.8, 4) is 0 Å². The Morgan fingerprint density at radius 2 is 1.37 bits per heavy atom. The summed E-state index contributed by atoms with van der Waals surface area (Å²) in [6.07, 6.45) is -0.962. The summed E-state index contributed by atoms with van der Waals surface area (Å²) in [5.74, 6) is -6.48. The topological polar surface area (TPSA) is 147 Å². The summed E-state index contributed by atoms with van der Waals surface area (Å²) in [4.78, 5) is 32.3. The van der Waals surface area contributed by atoms with Gasteiger partial charge in [0.15, 0.2) is 11.6 Å². The van der Waals surface area contributed by atoms with Crippen LogP contribution in [0, 0.1) is 5.92 Å². The standard InChI is InChI=1S/C9H15O9P/c1-17-19(16,18-2)6(9(14)15)4-3-5(7(10)11)8(12)13/h5-6H,3-4H2,1-2H3,(H,10,11)(H,12,13)(H,14,15). The van der Waals surface area contributed by atoms with Gasteiger partial charge in [-0.3, -0.25) is 18.9 Å². The normalized spacial score (nSPS) is 13.2. The molecule has 19 heavy (non-hydrogen) atoms. The Hall–Kier alpha value is -1.44. The molecule has 110 valence electrons. The van der Waals surface area contributed by atoms with E-state index in [2.05, 4.69) is 9.05 Å². The molecule has 0 amide bonds. The average Bonchev–Trinajstić information content (AvgIpc) is 2.32. The van der Waals surface area contributed by atoms with Crippen LogP contribution < -0.4 is 0 Å². The predicted molar refractivity (Wildman–Crippen MR) is 61.0 cm³/mol. The molecule has 3 N–H and O–H groups in total. The number of carbonyl (C=O) groups is 3. The summed E-state index contributed by atoms with van der Waals surface area (Å²) in [5, 5.41) is 26.2. The van der Waals surface area contributed by atoms with Crippen LogP contribution in [0.15, 0.2) is 0 Å². The molecule has 0 rings (SSSR count). The number of carboxylic acids is 3. The maximum atomic E-state index is 11.9. The summed E-state index contributed by atoms with van der Waals surface area (Å²) in [7, 11) is -1.97. The molecule has 1 unspecified atom stereocenters. The van der Waals surface area contributed by atoms with Gasteiger partial charge in [0, 0.05) is 14.2 Å². The molecule has 0 bridgehead atoms. The molecule has 10 heteroatoms. The first kappa shape index (κ1) is 17.6. The number of rotatable bonds is 9. The predicted octanol–water partition coefficient (Wildman–Crippen LogP) is 0.491. The molecule has 0 heterocycles. The maximum absolute atomic E-state index is 11.9. The highest BCUT2D eigenvalue weighted by Gasteiger charge is 2.41. The van der Waals surface area contributed by atoms with Crippen LogP contribution in [-0.2, 0) is 28.0 Å². The molecule has 9 nitrogen and oxygen atoms in total. The Labute approximate surface area is 108 Å². The Morgan fingerprint density at radius 1 is 0.947 bits per heavy atom. The second-order valence-corrected chi connectivity index (χ2v) is 6.00. The van der Waals surface area contributed by atoms with Gasteiger partial charge in [-0.15, -0.1) is 0 Å². The number of aliphatic carboxylic acids is 3. The maximum Gasteiger partial charge on any atom is 0.344 e. The lowest BCUT2D eigenvalue weighted by atomic mass is 10.0. The molecule has 0 saturated heterocycles. The monoisotopic (exact) mass is 298 g/mol. The van der Waals surface area contributed by atoms with E-state index in [0.29, 0.717) is 0 Å². The van der Waals surface area contributed by atoms with Crippen molar-refractivity contribution < 1.29 is 43.3 Å². The highest BCUT2D eigenvalue weighted by Crippen LogP contribution is 2.53. The van der Waals surface area contributed by atoms with E-state index in [1.807, 2.05) is 0 Å². The van der Waals surface area contributed by atoms with Crippen molar-refractivity contribution in [1.82, 2.24) is 0 Å². The van der Waals surface area contributed by atoms with Crippen molar-refractivity contribution >= 4 is 25.5 Å². The Kier molecular flexibility index (Phi) is 6.68. The molecule has 1 atom stereocenters. The summed E-state index contributed by atoms with van der Waals surface area (Å²) in [5.41, 5.74) is -1.62. The van der Waals surface area contributed by atoms with Gasteiger partial charge in [-0.05, 0) is 12.8 Å². The van der Waals surface area contributed by atoms with Crippen LogP contribution in [-0.4, -0.2) is 53.1 Å². The highest BCUT2D eigenvalue weighted by molar-refractivity contribution is 7.55. The summed E-state index contributed by atoms with van der Waals surface area (Å²) in [6.45, 7) is 0. The van der Waals surface area contributed by atoms with Gasteiger partial charge in [-0.25, -0.2) is 0 Å². The molecular formula is C9H15O9P. The summed E-state index contributed by atoms with van der Waals surface area (Å²) >= 11 is 0. The Bertz CT molecular complexity index is 382. The van der Waals surface area contributed by atoms with E-state index in [4.69, 9.17) is 15.3 Å². The fraction of sp³-hybridized carbons (Fsp3) is 0.667. The van der Waals surface area contributed by atoms with Crippen molar-refractivity contribution in [2.24, 2.45) is 5.92 Å². The molecule has 0 radical (unpaired) electrons. The van der Waals surface area contributed by atoms with E-state index in [1.54, 1.807) is 0 Å². The van der Waals surface area contributed by atoms with Crippen molar-refractivity contribution in [2.75, 3.05) is 14.2 Å². The van der Waals surface area contributed by atoms with Crippen LogP contribution in [0.25, 0.3) is 0 Å². The van der Waals surface area contributed by atoms with Gasteiger partial charge in [-0.2, -0.15) is 0 Å². The van der Waals surface area contributed by atoms with Gasteiger partial charge in [0.05, 0.1) is 0 Å². The van der Waals surface area contributed by atoms with E-state index in [1.165, 1.54) is 0 Å². The number of carboxylic acid groups (broad SMARTS) is 3. The summed E-state index contributed by atoms with van der Waals surface area (Å²) in [6, 6.07) is 0. The van der Waals surface area contributed by atoms with Gasteiger partial charge in [-0.1, -0.05) is 0 Å². The fourth-order valence-electron chi connectivity index (χ4n) is 1.42. The third-order valence-corrected chi connectivity index (χ3v) is 4.76. The van der Waals surface area contributed by atoms with Crippen LogP contribution in [0.3, 0.4) is 0 Å². The molecule has 0 fully saturated rings. The molecule has 0 aliphatic rings. The average molecular weight is 298 g/mol. The second kappa shape index (κ2) is 7.22. The molecule has 0 saturated carbocycles. The molecular weight excluding hydrogens is 283 g/mol. The van der Waals surface area contributed by atoms with Crippen molar-refractivity contribution in [1.29, 1.82) is 0 Å². The van der Waals surface area contributed by atoms with Crippen LogP contribution in [0.1, 0.15) is 12.8 Å². The molecule has 0 aliphatic heterocycles. The van der Waals surface area contributed by atoms with E-state index >= 15 is 0 Å². The quantitative estimate of drug-likeness (QED) is 0.408. The lowest BCUT2D eigenvalue weighted by Crippen LogP contribution is -2.28. The zero-order valence-electron chi connectivity index (χ0n) is 10.3. The minimum absolute atomic E-state index is 0.461. The molecule has 0 aromatic carbocycles. The zero-order chi connectivity index (χ0) is 15.2. The van der Waals surface area contributed by atoms with Gasteiger partial charge >= 0.3 is 25.5 Å². The van der Waals surface area contributed by atoms with Crippen molar-refractivity contribution in [2.45, 2.75) is 18.5 Å². The third-order valence-electron chi connectivity index (χ3n) is 2.50. The third kappa shape index (κ3) is 4.62. The SMILES string of the molecule is COP(=O)(OC)C(CCC(C(=O)O)C(=O)O)C(=O)O. The van der Waals surface area contributed by atoms with Crippen LogP contribution in [0.2, 0.25) is 0 Å². The fourth-order valence-corrected chi connectivity index (χ4v) is 2.82. The van der Waals surface area contributed by atoms with Crippen molar-refractivity contribution in [3.63, 3.8) is 0 Å². The number of hydrogen-bond acceptors (Lipinski definition) is 6. The first-order chi connectivity index (χ1) is 8.69. The summed E-state index contributed by atoms with van der Waals surface area (Å²) < 4.78 is 21.0. The smallest absolute Gasteiger partial charge is 0.344 e. The van der Waals surface area contributed by atoms with Gasteiger partial charge in [0.25, 0.3) is 0 Å². The minimum Gasteiger partial charge on any atom is -0.481 e. The first-order valence-corrected chi connectivity index (χ1v) is 6.70. The van der Waals surface area contributed by atoms with Gasteiger partial charge in [0.2, 0.25) is 0 Å². The lowest BCUT2D eigenvalue weighted by molar-refractivity contribution is -0.155. The molecule has 0 aromatic heterocycles. The van der Waals surface area contributed by atoms with Crippen LogP contribution >= 0.6 is 7.60 Å². The van der Waals surface area contributed by atoms with Gasteiger partial charge < -0.3 is 24.4 Å². The van der Waals surface area contributed by atoms with Crippen molar-refractivity contribution in [3.05, 3.63) is 0 Å². The zero-order valence-corrected chi connectivity index (χ0v) is 11.2. The van der Waals surface area contributed by atoms with E-state index < -0.39 is 49.9 Å².